The van der Waals surface area contributed by atoms with Crippen molar-refractivity contribution in [3.63, 3.8) is 0 Å². The predicted octanol–water partition coefficient (Wildman–Crippen LogP) is 3.86. The van der Waals surface area contributed by atoms with Crippen molar-refractivity contribution in [2.75, 3.05) is 19.7 Å². The second kappa shape index (κ2) is 8.13. The van der Waals surface area contributed by atoms with E-state index in [0.29, 0.717) is 48.6 Å². The van der Waals surface area contributed by atoms with Gasteiger partial charge in [0.15, 0.2) is 0 Å². The number of aromatic nitrogens is 1. The lowest BCUT2D eigenvalue weighted by Crippen LogP contribution is -2.53. The minimum Gasteiger partial charge on any atom is -0.491 e. The maximum atomic E-state index is 13.0. The molecule has 6 nitrogen and oxygen atoms in total. The number of piperidine rings is 1. The van der Waals surface area contributed by atoms with E-state index < -0.39 is 5.60 Å². The third-order valence-corrected chi connectivity index (χ3v) is 5.84. The Labute approximate surface area is 170 Å². The number of benzene rings is 1. The third-order valence-electron chi connectivity index (χ3n) is 5.24. The molecule has 0 spiro atoms. The van der Waals surface area contributed by atoms with E-state index >= 15 is 0 Å². The maximum Gasteiger partial charge on any atom is 0.259 e. The number of carbonyl (C=O) groups excluding carboxylic acids is 1. The van der Waals surface area contributed by atoms with Gasteiger partial charge in [-0.3, -0.25) is 4.79 Å². The molecule has 3 rings (SSSR count). The van der Waals surface area contributed by atoms with Crippen molar-refractivity contribution in [1.29, 1.82) is 0 Å². The average Bonchev–Trinajstić information content (AvgIpc) is 3.04. The molecular weight excluding hydrogens is 380 g/mol. The number of halogens is 1. The quantitative estimate of drug-likeness (QED) is 0.815. The maximum absolute atomic E-state index is 13.0. The van der Waals surface area contributed by atoms with Crippen molar-refractivity contribution in [3.8, 4) is 5.75 Å². The van der Waals surface area contributed by atoms with Crippen LogP contribution in [0.1, 0.15) is 52.7 Å². The molecule has 1 atom stereocenters. The highest BCUT2D eigenvalue weighted by molar-refractivity contribution is 6.32. The van der Waals surface area contributed by atoms with Gasteiger partial charge in [0, 0.05) is 11.6 Å². The molecule has 1 aliphatic rings. The van der Waals surface area contributed by atoms with E-state index in [4.69, 9.17) is 20.9 Å². The first-order valence-electron chi connectivity index (χ1n) is 9.60. The number of nitrogens with zero attached hydrogens (tertiary/aromatic N) is 2. The van der Waals surface area contributed by atoms with Crippen LogP contribution in [0.25, 0.3) is 0 Å². The monoisotopic (exact) mass is 406 g/mol. The second-order valence-corrected chi connectivity index (χ2v) is 8.01. The van der Waals surface area contributed by atoms with Crippen LogP contribution in [-0.4, -0.2) is 46.4 Å². The summed E-state index contributed by atoms with van der Waals surface area (Å²) in [5.74, 6) is 1.03. The lowest BCUT2D eigenvalue weighted by molar-refractivity contribution is -0.0532. The van der Waals surface area contributed by atoms with Crippen LogP contribution in [0.4, 0.5) is 0 Å². The van der Waals surface area contributed by atoms with Gasteiger partial charge in [0.2, 0.25) is 0 Å². The highest BCUT2D eigenvalue weighted by Crippen LogP contribution is 2.29. The van der Waals surface area contributed by atoms with Crippen LogP contribution in [0.15, 0.2) is 16.7 Å². The van der Waals surface area contributed by atoms with E-state index in [9.17, 15) is 9.90 Å². The molecule has 0 aliphatic carbocycles. The predicted molar refractivity (Wildman–Crippen MR) is 107 cm³/mol. The summed E-state index contributed by atoms with van der Waals surface area (Å²) < 4.78 is 11.1. The Balaban J connectivity index is 1.71. The molecule has 0 radical (unpaired) electrons. The summed E-state index contributed by atoms with van der Waals surface area (Å²) in [7, 11) is 0. The summed E-state index contributed by atoms with van der Waals surface area (Å²) in [6, 6.07) is 3.72. The number of aliphatic hydroxyl groups is 1. The Morgan fingerprint density at radius 2 is 2.04 bits per heavy atom. The van der Waals surface area contributed by atoms with E-state index in [1.807, 2.05) is 32.9 Å². The number of carbonyl (C=O) groups is 1. The van der Waals surface area contributed by atoms with Gasteiger partial charge in [-0.1, -0.05) is 23.7 Å². The Hall–Kier alpha value is -2.05. The third kappa shape index (κ3) is 4.18. The van der Waals surface area contributed by atoms with Crippen LogP contribution < -0.4 is 4.74 Å². The van der Waals surface area contributed by atoms with Gasteiger partial charge in [0.1, 0.15) is 29.3 Å². The fourth-order valence-electron chi connectivity index (χ4n) is 3.70. The Kier molecular flexibility index (Phi) is 6.01. The Morgan fingerprint density at radius 1 is 1.36 bits per heavy atom. The number of ether oxygens (including phenoxy) is 1. The second-order valence-electron chi connectivity index (χ2n) is 7.63. The molecule has 0 bridgehead atoms. The lowest BCUT2D eigenvalue weighted by Gasteiger charge is -2.39. The van der Waals surface area contributed by atoms with Crippen LogP contribution >= 0.6 is 11.6 Å². The molecule has 1 amide bonds. The van der Waals surface area contributed by atoms with Gasteiger partial charge >= 0.3 is 0 Å². The standard InChI is InChI=1S/C21H27ClN2O4/c1-5-17-18(15(4)28-23-17)20(25)24-8-6-7-21(26,11-24)12-27-16-9-13(2)19(22)14(3)10-16/h9-10,26H,5-8,11-12H2,1-4H3. The molecule has 1 N–H and O–H groups in total. The zero-order valence-electron chi connectivity index (χ0n) is 16.8. The minimum atomic E-state index is -1.10. The first-order chi connectivity index (χ1) is 13.2. The van der Waals surface area contributed by atoms with E-state index in [1.165, 1.54) is 0 Å². The van der Waals surface area contributed by atoms with E-state index in [1.54, 1.807) is 11.8 Å². The van der Waals surface area contributed by atoms with Crippen molar-refractivity contribution >= 4 is 17.5 Å². The van der Waals surface area contributed by atoms with Gasteiger partial charge in [0.25, 0.3) is 5.91 Å². The molecule has 2 heterocycles. The van der Waals surface area contributed by atoms with Crippen LogP contribution in [0, 0.1) is 20.8 Å². The number of aryl methyl sites for hydroxylation is 4. The molecule has 0 saturated carbocycles. The highest BCUT2D eigenvalue weighted by Gasteiger charge is 2.37. The molecule has 28 heavy (non-hydrogen) atoms. The molecule has 1 unspecified atom stereocenters. The van der Waals surface area contributed by atoms with Crippen LogP contribution in [0.5, 0.6) is 5.75 Å². The molecule has 1 fully saturated rings. The van der Waals surface area contributed by atoms with E-state index in [2.05, 4.69) is 5.16 Å². The molecule has 2 aromatic rings. The zero-order chi connectivity index (χ0) is 20.5. The molecule has 152 valence electrons. The smallest absolute Gasteiger partial charge is 0.259 e. The van der Waals surface area contributed by atoms with Gasteiger partial charge in [-0.25, -0.2) is 0 Å². The van der Waals surface area contributed by atoms with E-state index in [0.717, 1.165) is 16.1 Å². The summed E-state index contributed by atoms with van der Waals surface area (Å²) in [5.41, 5.74) is 1.92. The summed E-state index contributed by atoms with van der Waals surface area (Å²) in [4.78, 5) is 14.7. The fourth-order valence-corrected chi connectivity index (χ4v) is 3.81. The molecule has 1 aromatic carbocycles. The first kappa shape index (κ1) is 20.7. The fraction of sp³-hybridized carbons (Fsp3) is 0.524. The van der Waals surface area contributed by atoms with Gasteiger partial charge in [-0.05, 0) is 63.3 Å². The van der Waals surface area contributed by atoms with Crippen molar-refractivity contribution in [1.82, 2.24) is 10.1 Å². The van der Waals surface area contributed by atoms with Crippen LogP contribution in [0.2, 0.25) is 5.02 Å². The summed E-state index contributed by atoms with van der Waals surface area (Å²) in [6.45, 7) is 8.43. The molecular formula is C21H27ClN2O4. The van der Waals surface area contributed by atoms with Crippen molar-refractivity contribution < 1.29 is 19.2 Å². The number of amides is 1. The Bertz CT molecular complexity index is 856. The summed E-state index contributed by atoms with van der Waals surface area (Å²) in [6.07, 6.45) is 1.90. The topological polar surface area (TPSA) is 75.8 Å². The highest BCUT2D eigenvalue weighted by atomic mass is 35.5. The van der Waals surface area contributed by atoms with Crippen LogP contribution in [-0.2, 0) is 6.42 Å². The molecule has 1 aliphatic heterocycles. The van der Waals surface area contributed by atoms with Gasteiger partial charge in [0.05, 0.1) is 12.2 Å². The number of likely N-dealkylation sites (tertiary alicyclic amines) is 1. The molecule has 7 heteroatoms. The number of hydrogen-bond acceptors (Lipinski definition) is 5. The van der Waals surface area contributed by atoms with Crippen molar-refractivity contribution in [2.24, 2.45) is 0 Å². The minimum absolute atomic E-state index is 0.112. The summed E-state index contributed by atoms with van der Waals surface area (Å²) >= 11 is 6.20. The normalized spacial score (nSPS) is 19.7. The molecule has 1 aromatic heterocycles. The molecule has 1 saturated heterocycles. The zero-order valence-corrected chi connectivity index (χ0v) is 17.6. The largest absolute Gasteiger partial charge is 0.491 e. The summed E-state index contributed by atoms with van der Waals surface area (Å²) in [5, 5.41) is 15.7. The van der Waals surface area contributed by atoms with Gasteiger partial charge in [-0.15, -0.1) is 0 Å². The number of rotatable bonds is 5. The van der Waals surface area contributed by atoms with Gasteiger partial charge < -0.3 is 19.3 Å². The first-order valence-corrected chi connectivity index (χ1v) is 9.98. The number of β-amino-alcohol motifs (C(OH)–C–C–N with tert-alkyl or cyclic N) is 1. The van der Waals surface area contributed by atoms with Crippen molar-refractivity contribution in [3.05, 3.63) is 45.3 Å². The van der Waals surface area contributed by atoms with E-state index in [-0.39, 0.29) is 19.1 Å². The Morgan fingerprint density at radius 3 is 2.68 bits per heavy atom. The van der Waals surface area contributed by atoms with Gasteiger partial charge in [-0.2, -0.15) is 0 Å². The SMILES string of the molecule is CCc1noc(C)c1C(=O)N1CCCC(O)(COc2cc(C)c(Cl)c(C)c2)C1. The average molecular weight is 407 g/mol. The van der Waals surface area contributed by atoms with Crippen LogP contribution in [0.3, 0.4) is 0 Å². The number of hydrogen-bond donors (Lipinski definition) is 1. The van der Waals surface area contributed by atoms with Crippen molar-refractivity contribution in [2.45, 2.75) is 52.6 Å². The lowest BCUT2D eigenvalue weighted by atomic mass is 9.93.